The number of urea groups is 1. The molecule has 0 saturated heterocycles. The average Bonchev–Trinajstić information content (AvgIpc) is 2.80. The van der Waals surface area contributed by atoms with E-state index in [1.807, 2.05) is 73.7 Å². The molecule has 0 radical (unpaired) electrons. The summed E-state index contributed by atoms with van der Waals surface area (Å²) in [4.78, 5) is 17.3. The van der Waals surface area contributed by atoms with E-state index >= 15 is 0 Å². The van der Waals surface area contributed by atoms with Gasteiger partial charge >= 0.3 is 6.03 Å². The van der Waals surface area contributed by atoms with Crippen LogP contribution in [0.2, 0.25) is 0 Å². The Kier molecular flexibility index (Phi) is 5.98. The number of fused-ring (bicyclic) bond motifs is 1. The fourth-order valence-electron chi connectivity index (χ4n) is 3.34. The van der Waals surface area contributed by atoms with Gasteiger partial charge in [-0.1, -0.05) is 42.5 Å². The number of nitrogens with one attached hydrogen (secondary N) is 2. The lowest BCUT2D eigenvalue weighted by Gasteiger charge is -2.13. The van der Waals surface area contributed by atoms with Crippen molar-refractivity contribution >= 4 is 28.3 Å². The molecular formula is C25H23N3O3. The van der Waals surface area contributed by atoms with Gasteiger partial charge in [0.1, 0.15) is 11.5 Å². The van der Waals surface area contributed by atoms with E-state index in [0.29, 0.717) is 23.7 Å². The van der Waals surface area contributed by atoms with Crippen molar-refractivity contribution in [2.24, 2.45) is 0 Å². The third kappa shape index (κ3) is 4.59. The third-order valence-corrected chi connectivity index (χ3v) is 4.75. The summed E-state index contributed by atoms with van der Waals surface area (Å²) in [6.45, 7) is 2.47. The Labute approximate surface area is 180 Å². The van der Waals surface area contributed by atoms with Crippen molar-refractivity contribution in [1.29, 1.82) is 0 Å². The Hall–Kier alpha value is -4.06. The van der Waals surface area contributed by atoms with Crippen molar-refractivity contribution in [3.05, 3.63) is 78.9 Å². The van der Waals surface area contributed by atoms with Crippen LogP contribution in [0.25, 0.3) is 22.2 Å². The zero-order valence-electron chi connectivity index (χ0n) is 17.4. The largest absolute Gasteiger partial charge is 0.495 e. The van der Waals surface area contributed by atoms with Crippen LogP contribution in [0.4, 0.5) is 16.2 Å². The molecule has 2 N–H and O–H groups in total. The summed E-state index contributed by atoms with van der Waals surface area (Å²) in [5, 5.41) is 6.50. The van der Waals surface area contributed by atoms with Crippen LogP contribution in [0.3, 0.4) is 0 Å². The first-order valence-electron chi connectivity index (χ1n) is 10.0. The van der Waals surface area contributed by atoms with E-state index in [2.05, 4.69) is 10.6 Å². The molecule has 3 aromatic carbocycles. The number of aromatic nitrogens is 1. The van der Waals surface area contributed by atoms with E-state index in [1.54, 1.807) is 19.2 Å². The topological polar surface area (TPSA) is 72.5 Å². The number of anilines is 2. The number of carbonyl (C=O) groups is 1. The number of hydrogen-bond donors (Lipinski definition) is 2. The van der Waals surface area contributed by atoms with E-state index in [4.69, 9.17) is 14.5 Å². The highest BCUT2D eigenvalue weighted by Gasteiger charge is 2.12. The van der Waals surface area contributed by atoms with E-state index in [-0.39, 0.29) is 6.03 Å². The molecule has 0 bridgehead atoms. The molecule has 1 heterocycles. The Bertz CT molecular complexity index is 1210. The minimum absolute atomic E-state index is 0.365. The number of amides is 2. The summed E-state index contributed by atoms with van der Waals surface area (Å²) in [5.74, 6) is 1.31. The van der Waals surface area contributed by atoms with Gasteiger partial charge in [0.25, 0.3) is 0 Å². The Morgan fingerprint density at radius 1 is 0.903 bits per heavy atom. The molecule has 31 heavy (non-hydrogen) atoms. The molecule has 0 atom stereocenters. The van der Waals surface area contributed by atoms with Gasteiger partial charge in [-0.05, 0) is 37.3 Å². The lowest BCUT2D eigenvalue weighted by atomic mass is 10.1. The van der Waals surface area contributed by atoms with E-state index in [1.165, 1.54) is 0 Å². The van der Waals surface area contributed by atoms with Gasteiger partial charge in [-0.2, -0.15) is 0 Å². The van der Waals surface area contributed by atoms with Gasteiger partial charge in [0.2, 0.25) is 0 Å². The molecule has 1 aromatic heterocycles. The number of methoxy groups -OCH3 is 1. The Balaban J connectivity index is 1.62. The number of nitrogens with zero attached hydrogens (tertiary/aromatic N) is 1. The van der Waals surface area contributed by atoms with E-state index in [9.17, 15) is 4.79 Å². The normalized spacial score (nSPS) is 10.5. The molecule has 0 spiro atoms. The lowest BCUT2D eigenvalue weighted by molar-refractivity contribution is 0.262. The highest BCUT2D eigenvalue weighted by molar-refractivity contribution is 6.02. The second-order valence-electron chi connectivity index (χ2n) is 6.82. The minimum atomic E-state index is -0.365. The summed E-state index contributed by atoms with van der Waals surface area (Å²) in [6.07, 6.45) is 0. The summed E-state index contributed by atoms with van der Waals surface area (Å²) in [6, 6.07) is 24.3. The zero-order chi connectivity index (χ0) is 21.6. The van der Waals surface area contributed by atoms with E-state index < -0.39 is 0 Å². The smallest absolute Gasteiger partial charge is 0.323 e. The Morgan fingerprint density at radius 2 is 1.68 bits per heavy atom. The number of benzene rings is 3. The fraction of sp³-hybridized carbons (Fsp3) is 0.120. The third-order valence-electron chi connectivity index (χ3n) is 4.75. The molecule has 0 aliphatic heterocycles. The molecule has 6 nitrogen and oxygen atoms in total. The molecule has 6 heteroatoms. The van der Waals surface area contributed by atoms with Crippen LogP contribution in [0.15, 0.2) is 78.9 Å². The molecule has 4 rings (SSSR count). The van der Waals surface area contributed by atoms with Gasteiger partial charge in [0.05, 0.1) is 30.6 Å². The molecule has 0 aliphatic rings. The summed E-state index contributed by atoms with van der Waals surface area (Å²) < 4.78 is 11.2. The van der Waals surface area contributed by atoms with Crippen LogP contribution in [0, 0.1) is 0 Å². The number of rotatable bonds is 6. The van der Waals surface area contributed by atoms with Crippen LogP contribution in [0.5, 0.6) is 11.5 Å². The Morgan fingerprint density at radius 3 is 2.45 bits per heavy atom. The minimum Gasteiger partial charge on any atom is -0.495 e. The number of hydrogen-bond acceptors (Lipinski definition) is 4. The van der Waals surface area contributed by atoms with Crippen molar-refractivity contribution in [3.63, 3.8) is 0 Å². The first-order chi connectivity index (χ1) is 15.2. The predicted molar refractivity (Wildman–Crippen MR) is 124 cm³/mol. The average molecular weight is 413 g/mol. The van der Waals surface area contributed by atoms with Gasteiger partial charge in [0.15, 0.2) is 0 Å². The molecule has 156 valence electrons. The van der Waals surface area contributed by atoms with Crippen LogP contribution in [0.1, 0.15) is 6.92 Å². The van der Waals surface area contributed by atoms with E-state index in [0.717, 1.165) is 27.9 Å². The lowest BCUT2D eigenvalue weighted by Crippen LogP contribution is -2.19. The van der Waals surface area contributed by atoms with Crippen molar-refractivity contribution in [3.8, 4) is 22.8 Å². The van der Waals surface area contributed by atoms with Crippen molar-refractivity contribution in [2.45, 2.75) is 6.92 Å². The summed E-state index contributed by atoms with van der Waals surface area (Å²) in [7, 11) is 1.56. The van der Waals surface area contributed by atoms with Crippen molar-refractivity contribution in [2.75, 3.05) is 24.4 Å². The SMILES string of the molecule is CCOc1cc(-c2ccccc2)nc2ccc(NC(=O)Nc3ccccc3OC)cc12. The molecule has 0 fully saturated rings. The quantitative estimate of drug-likeness (QED) is 0.409. The first kappa shape index (κ1) is 20.2. The standard InChI is InChI=1S/C25H23N3O3/c1-3-31-24-16-22(17-9-5-4-6-10-17)27-20-14-13-18(15-19(20)24)26-25(29)28-21-11-7-8-12-23(21)30-2/h4-16H,3H2,1-2H3,(H2,26,28,29). The number of para-hydroxylation sites is 2. The second-order valence-corrected chi connectivity index (χ2v) is 6.82. The fourth-order valence-corrected chi connectivity index (χ4v) is 3.34. The van der Waals surface area contributed by atoms with Crippen LogP contribution in [-0.2, 0) is 0 Å². The summed E-state index contributed by atoms with van der Waals surface area (Å²) in [5.41, 5.74) is 3.87. The maximum atomic E-state index is 12.5. The van der Waals surface area contributed by atoms with Gasteiger partial charge in [-0.15, -0.1) is 0 Å². The van der Waals surface area contributed by atoms with Crippen molar-refractivity contribution < 1.29 is 14.3 Å². The number of pyridine rings is 1. The zero-order valence-corrected chi connectivity index (χ0v) is 17.4. The van der Waals surface area contributed by atoms with Gasteiger partial charge in [0, 0.05) is 22.7 Å². The molecule has 2 amide bonds. The molecule has 4 aromatic rings. The monoisotopic (exact) mass is 413 g/mol. The van der Waals surface area contributed by atoms with Crippen LogP contribution in [-0.4, -0.2) is 24.7 Å². The first-order valence-corrected chi connectivity index (χ1v) is 10.0. The molecule has 0 aliphatic carbocycles. The predicted octanol–water partition coefficient (Wildman–Crippen LogP) is 5.95. The van der Waals surface area contributed by atoms with Gasteiger partial charge < -0.3 is 20.1 Å². The maximum absolute atomic E-state index is 12.5. The second kappa shape index (κ2) is 9.17. The molecular weight excluding hydrogens is 390 g/mol. The molecule has 0 saturated carbocycles. The highest BCUT2D eigenvalue weighted by atomic mass is 16.5. The highest BCUT2D eigenvalue weighted by Crippen LogP contribution is 2.32. The van der Waals surface area contributed by atoms with Crippen molar-refractivity contribution in [1.82, 2.24) is 4.98 Å². The number of ether oxygens (including phenoxy) is 2. The van der Waals surface area contributed by atoms with Crippen LogP contribution >= 0.6 is 0 Å². The summed E-state index contributed by atoms with van der Waals surface area (Å²) >= 11 is 0. The molecule has 0 unspecified atom stereocenters. The number of carbonyl (C=O) groups excluding carboxylic acids is 1. The van der Waals surface area contributed by atoms with Crippen LogP contribution < -0.4 is 20.1 Å². The van der Waals surface area contributed by atoms with Gasteiger partial charge in [-0.25, -0.2) is 9.78 Å². The van der Waals surface area contributed by atoms with Gasteiger partial charge in [-0.3, -0.25) is 0 Å². The maximum Gasteiger partial charge on any atom is 0.323 e.